The lowest BCUT2D eigenvalue weighted by Crippen LogP contribution is -2.36. The van der Waals surface area contributed by atoms with Gasteiger partial charge in [0.05, 0.1) is 0 Å². The van der Waals surface area contributed by atoms with Crippen LogP contribution in [0.3, 0.4) is 0 Å². The molecule has 1 aliphatic rings. The number of nitrogens with one attached hydrogen (secondary N) is 1. The quantitative estimate of drug-likeness (QED) is 0.195. The summed E-state index contributed by atoms with van der Waals surface area (Å²) in [5, 5.41) is 10.2. The maximum absolute atomic E-state index is 6.60. The van der Waals surface area contributed by atoms with Crippen LogP contribution in [0.4, 0.5) is 0 Å². The van der Waals surface area contributed by atoms with Crippen LogP contribution in [-0.4, -0.2) is 11.7 Å². The highest BCUT2D eigenvalue weighted by atomic mass is 16.3. The molecule has 3 heterocycles. The van der Waals surface area contributed by atoms with Crippen molar-refractivity contribution in [1.82, 2.24) is 5.32 Å². The fourth-order valence-electron chi connectivity index (χ4n) is 7.89. The lowest BCUT2D eigenvalue weighted by atomic mass is 9.95. The van der Waals surface area contributed by atoms with Gasteiger partial charge in [-0.3, -0.25) is 0 Å². The molecule has 0 radical (unpaired) electrons. The summed E-state index contributed by atoms with van der Waals surface area (Å²) < 4.78 is 13.1. The fraction of sp³-hybridized carbons (Fsp3) is 0.0204. The number of hydrogen-bond donors (Lipinski definition) is 1. The molecule has 2 aromatic heterocycles. The van der Waals surface area contributed by atoms with Gasteiger partial charge in [0.2, 0.25) is 0 Å². The number of rotatable bonds is 5. The van der Waals surface area contributed by atoms with Crippen LogP contribution in [0, 0.1) is 0 Å². The van der Waals surface area contributed by atoms with Crippen molar-refractivity contribution in [2.24, 2.45) is 9.98 Å². The third kappa shape index (κ3) is 5.01. The molecule has 5 heteroatoms. The molecule has 0 aliphatic carbocycles. The van der Waals surface area contributed by atoms with Crippen molar-refractivity contribution < 1.29 is 8.83 Å². The Hall–Kier alpha value is -7.24. The number of fused-ring (bicyclic) bond motifs is 7. The first-order valence-corrected chi connectivity index (χ1v) is 18.2. The predicted octanol–water partition coefficient (Wildman–Crippen LogP) is 12.5. The van der Waals surface area contributed by atoms with Crippen LogP contribution in [0.5, 0.6) is 0 Å². The molecule has 1 atom stereocenters. The summed E-state index contributed by atoms with van der Waals surface area (Å²) in [6, 6.07) is 61.0. The van der Waals surface area contributed by atoms with E-state index in [0.717, 1.165) is 94.3 Å². The van der Waals surface area contributed by atoms with E-state index in [1.165, 1.54) is 10.9 Å². The Balaban J connectivity index is 1.13. The van der Waals surface area contributed by atoms with Gasteiger partial charge in [-0.15, -0.1) is 0 Å². The summed E-state index contributed by atoms with van der Waals surface area (Å²) >= 11 is 0. The first kappa shape index (κ1) is 30.4. The highest BCUT2D eigenvalue weighted by molar-refractivity contribution is 6.17. The maximum Gasteiger partial charge on any atom is 0.170 e. The second-order valence-electron chi connectivity index (χ2n) is 13.8. The standard InChI is InChI=1S/C49H31N3O2/c1-2-11-30(12-3-1)32-21-24-33(25-22-32)47-50-48(35-26-23-31-13-4-5-14-34(31)27-35)52-49(51-47)41-28-36(29-44-45(41)40-16-7-9-20-43(40)53-44)37-17-10-18-39-38-15-6-8-19-42(38)54-46(37)39/h1-29,49H,(H,50,51,52). The minimum Gasteiger partial charge on any atom is -0.456 e. The average molecular weight is 694 g/mol. The van der Waals surface area contributed by atoms with E-state index >= 15 is 0 Å². The molecular formula is C49H31N3O2. The molecule has 1 N–H and O–H groups in total. The van der Waals surface area contributed by atoms with Crippen molar-refractivity contribution in [3.05, 3.63) is 193 Å². The molecule has 254 valence electrons. The minimum atomic E-state index is -0.574. The van der Waals surface area contributed by atoms with Gasteiger partial charge < -0.3 is 14.2 Å². The van der Waals surface area contributed by atoms with E-state index < -0.39 is 6.17 Å². The molecule has 0 saturated carbocycles. The first-order valence-electron chi connectivity index (χ1n) is 18.2. The molecule has 54 heavy (non-hydrogen) atoms. The van der Waals surface area contributed by atoms with Gasteiger partial charge in [-0.25, -0.2) is 9.98 Å². The van der Waals surface area contributed by atoms with Gasteiger partial charge in [0.1, 0.15) is 34.0 Å². The molecule has 11 rings (SSSR count). The van der Waals surface area contributed by atoms with Crippen LogP contribution < -0.4 is 5.32 Å². The Morgan fingerprint density at radius 2 is 1.04 bits per heavy atom. The summed E-state index contributed by atoms with van der Waals surface area (Å²) in [6.07, 6.45) is -0.574. The third-order valence-electron chi connectivity index (χ3n) is 10.5. The lowest BCUT2D eigenvalue weighted by Gasteiger charge is -2.23. The predicted molar refractivity (Wildman–Crippen MR) is 221 cm³/mol. The Labute approximate surface area is 310 Å². The first-order chi connectivity index (χ1) is 26.7. The summed E-state index contributed by atoms with van der Waals surface area (Å²) in [5.74, 6) is 1.51. The van der Waals surface area contributed by atoms with Crippen molar-refractivity contribution in [3.63, 3.8) is 0 Å². The van der Waals surface area contributed by atoms with E-state index in [-0.39, 0.29) is 0 Å². The molecule has 0 bridgehead atoms. The molecule has 0 spiro atoms. The second-order valence-corrected chi connectivity index (χ2v) is 13.8. The van der Waals surface area contributed by atoms with Crippen LogP contribution in [-0.2, 0) is 0 Å². The molecule has 5 nitrogen and oxygen atoms in total. The van der Waals surface area contributed by atoms with Gasteiger partial charge in [0.25, 0.3) is 0 Å². The van der Waals surface area contributed by atoms with Gasteiger partial charge in [0.15, 0.2) is 6.17 Å². The number of para-hydroxylation sites is 3. The molecular weight excluding hydrogens is 663 g/mol. The van der Waals surface area contributed by atoms with E-state index in [0.29, 0.717) is 0 Å². The van der Waals surface area contributed by atoms with Gasteiger partial charge in [0, 0.05) is 43.8 Å². The van der Waals surface area contributed by atoms with E-state index in [9.17, 15) is 0 Å². The molecule has 0 fully saturated rings. The fourth-order valence-corrected chi connectivity index (χ4v) is 7.89. The van der Waals surface area contributed by atoms with E-state index in [1.807, 2.05) is 30.3 Å². The number of amidine groups is 2. The average Bonchev–Trinajstić information content (AvgIpc) is 3.82. The number of hydrogen-bond acceptors (Lipinski definition) is 5. The molecule has 1 unspecified atom stereocenters. The van der Waals surface area contributed by atoms with Crippen molar-refractivity contribution >= 4 is 66.3 Å². The van der Waals surface area contributed by atoms with Crippen molar-refractivity contribution in [3.8, 4) is 22.3 Å². The number of benzene rings is 8. The van der Waals surface area contributed by atoms with Gasteiger partial charge in [-0.1, -0.05) is 146 Å². The molecule has 8 aromatic carbocycles. The summed E-state index contributed by atoms with van der Waals surface area (Å²) in [5.41, 5.74) is 10.5. The van der Waals surface area contributed by atoms with Crippen LogP contribution in [0.1, 0.15) is 22.9 Å². The summed E-state index contributed by atoms with van der Waals surface area (Å²) in [4.78, 5) is 10.8. The van der Waals surface area contributed by atoms with Crippen molar-refractivity contribution in [1.29, 1.82) is 0 Å². The number of furan rings is 2. The monoisotopic (exact) mass is 693 g/mol. The minimum absolute atomic E-state index is 0.574. The van der Waals surface area contributed by atoms with Crippen LogP contribution in [0.25, 0.3) is 76.9 Å². The molecule has 10 aromatic rings. The van der Waals surface area contributed by atoms with Crippen molar-refractivity contribution in [2.75, 3.05) is 0 Å². The van der Waals surface area contributed by atoms with Gasteiger partial charge >= 0.3 is 0 Å². The molecule has 0 amide bonds. The Bertz CT molecular complexity index is 3130. The third-order valence-corrected chi connectivity index (χ3v) is 10.5. The second kappa shape index (κ2) is 12.2. The maximum atomic E-state index is 6.60. The largest absolute Gasteiger partial charge is 0.456 e. The van der Waals surface area contributed by atoms with Crippen molar-refractivity contribution in [2.45, 2.75) is 6.17 Å². The topological polar surface area (TPSA) is 63.0 Å². The smallest absolute Gasteiger partial charge is 0.170 e. The van der Waals surface area contributed by atoms with Gasteiger partial charge in [-0.2, -0.15) is 0 Å². The SMILES string of the molecule is c1ccc(-c2ccc(C3=NC(c4cc(-c5cccc6c5oc5ccccc56)cc5oc6ccccc6c45)N=C(c4ccc5ccccc5c4)N3)cc2)cc1. The van der Waals surface area contributed by atoms with E-state index in [4.69, 9.17) is 18.8 Å². The highest BCUT2D eigenvalue weighted by Gasteiger charge is 2.26. The van der Waals surface area contributed by atoms with E-state index in [2.05, 4.69) is 151 Å². The van der Waals surface area contributed by atoms with Crippen LogP contribution in [0.2, 0.25) is 0 Å². The zero-order chi connectivity index (χ0) is 35.6. The van der Waals surface area contributed by atoms with Gasteiger partial charge in [-0.05, 0) is 57.8 Å². The molecule has 1 aliphatic heterocycles. The lowest BCUT2D eigenvalue weighted by molar-refractivity contribution is 0.667. The summed E-state index contributed by atoms with van der Waals surface area (Å²) in [7, 11) is 0. The highest BCUT2D eigenvalue weighted by Crippen LogP contribution is 2.42. The number of aliphatic imine (C=N–C) groups is 2. The Morgan fingerprint density at radius 1 is 0.407 bits per heavy atom. The summed E-state index contributed by atoms with van der Waals surface area (Å²) in [6.45, 7) is 0. The Morgan fingerprint density at radius 3 is 1.87 bits per heavy atom. The van der Waals surface area contributed by atoms with Crippen LogP contribution >= 0.6 is 0 Å². The zero-order valence-corrected chi connectivity index (χ0v) is 29.0. The number of nitrogens with zero attached hydrogens (tertiary/aromatic N) is 2. The Kier molecular flexibility index (Phi) is 6.85. The molecule has 0 saturated heterocycles. The van der Waals surface area contributed by atoms with Crippen LogP contribution in [0.15, 0.2) is 195 Å². The normalized spacial score (nSPS) is 14.5. The van der Waals surface area contributed by atoms with E-state index in [1.54, 1.807) is 0 Å². The zero-order valence-electron chi connectivity index (χ0n) is 29.0.